The van der Waals surface area contributed by atoms with Gasteiger partial charge in [-0.1, -0.05) is 0 Å². The third kappa shape index (κ3) is 2.36. The van der Waals surface area contributed by atoms with Crippen LogP contribution in [0.25, 0.3) is 0 Å². The van der Waals surface area contributed by atoms with Crippen LogP contribution < -0.4 is 5.32 Å². The first-order chi connectivity index (χ1) is 7.81. The molecular formula is C11H16N4O. The molecule has 16 heavy (non-hydrogen) atoms. The molecule has 1 N–H and O–H groups in total. The number of nitrogens with one attached hydrogen (secondary N) is 1. The van der Waals surface area contributed by atoms with Gasteiger partial charge in [-0.3, -0.25) is 4.79 Å². The molecule has 2 heterocycles. The standard InChI is InChI=1S/C11H16N4O/c1-12-10-3-2-6-15(8-10)11(16)9-4-5-13-14-7-9/h4-5,7,10,12H,2-3,6,8H2,1H3. The van der Waals surface area contributed by atoms with Gasteiger partial charge in [-0.25, -0.2) is 0 Å². The van der Waals surface area contributed by atoms with E-state index in [0.29, 0.717) is 11.6 Å². The number of likely N-dealkylation sites (tertiary alicyclic amines) is 1. The van der Waals surface area contributed by atoms with Crippen molar-refractivity contribution in [2.24, 2.45) is 0 Å². The Morgan fingerprint density at radius 1 is 1.56 bits per heavy atom. The van der Waals surface area contributed by atoms with E-state index < -0.39 is 0 Å². The van der Waals surface area contributed by atoms with Gasteiger partial charge in [0.1, 0.15) is 0 Å². The maximum absolute atomic E-state index is 12.1. The zero-order chi connectivity index (χ0) is 11.4. The Kier molecular flexibility index (Phi) is 3.46. The molecule has 0 bridgehead atoms. The summed E-state index contributed by atoms with van der Waals surface area (Å²) in [6.07, 6.45) is 5.25. The van der Waals surface area contributed by atoms with Crippen LogP contribution in [-0.4, -0.2) is 47.2 Å². The average Bonchev–Trinajstić information content (AvgIpc) is 2.39. The normalized spacial score (nSPS) is 20.8. The zero-order valence-corrected chi connectivity index (χ0v) is 9.39. The van der Waals surface area contributed by atoms with Crippen LogP contribution in [-0.2, 0) is 0 Å². The summed E-state index contributed by atoms with van der Waals surface area (Å²) in [4.78, 5) is 14.0. The Labute approximate surface area is 94.9 Å². The van der Waals surface area contributed by atoms with Crippen LogP contribution in [0, 0.1) is 0 Å². The van der Waals surface area contributed by atoms with Crippen LogP contribution in [0.4, 0.5) is 0 Å². The number of carbonyl (C=O) groups excluding carboxylic acids is 1. The van der Waals surface area contributed by atoms with Crippen LogP contribution in [0.3, 0.4) is 0 Å². The van der Waals surface area contributed by atoms with Gasteiger partial charge in [0.15, 0.2) is 0 Å². The summed E-state index contributed by atoms with van der Waals surface area (Å²) in [5.41, 5.74) is 0.617. The molecule has 1 amide bonds. The number of aromatic nitrogens is 2. The summed E-state index contributed by atoms with van der Waals surface area (Å²) in [5.74, 6) is 0.0508. The van der Waals surface area contributed by atoms with Gasteiger partial charge in [0.2, 0.25) is 0 Å². The van der Waals surface area contributed by atoms with Gasteiger partial charge < -0.3 is 10.2 Å². The monoisotopic (exact) mass is 220 g/mol. The molecule has 2 rings (SSSR count). The molecule has 0 aromatic carbocycles. The lowest BCUT2D eigenvalue weighted by atomic mass is 10.1. The minimum absolute atomic E-state index is 0.0508. The van der Waals surface area contributed by atoms with Crippen molar-refractivity contribution in [3.8, 4) is 0 Å². The van der Waals surface area contributed by atoms with Gasteiger partial charge in [-0.05, 0) is 26.0 Å². The zero-order valence-electron chi connectivity index (χ0n) is 9.39. The smallest absolute Gasteiger partial charge is 0.255 e. The lowest BCUT2D eigenvalue weighted by molar-refractivity contribution is 0.0697. The number of nitrogens with zero attached hydrogens (tertiary/aromatic N) is 3. The predicted octanol–water partition coefficient (Wildman–Crippen LogP) is 0.301. The third-order valence-corrected chi connectivity index (χ3v) is 2.95. The topological polar surface area (TPSA) is 58.1 Å². The number of carbonyl (C=O) groups is 1. The summed E-state index contributed by atoms with van der Waals surface area (Å²) in [6.45, 7) is 1.61. The number of hydrogen-bond acceptors (Lipinski definition) is 4. The minimum Gasteiger partial charge on any atom is -0.337 e. The Hall–Kier alpha value is -1.49. The van der Waals surface area contributed by atoms with Gasteiger partial charge in [-0.15, -0.1) is 0 Å². The summed E-state index contributed by atoms with van der Waals surface area (Å²) in [5, 5.41) is 10.6. The van der Waals surface area contributed by atoms with E-state index in [1.807, 2.05) is 11.9 Å². The molecule has 1 saturated heterocycles. The number of likely N-dealkylation sites (N-methyl/N-ethyl adjacent to an activating group) is 1. The second-order valence-corrected chi connectivity index (χ2v) is 4.01. The number of hydrogen-bond donors (Lipinski definition) is 1. The van der Waals surface area contributed by atoms with Crippen molar-refractivity contribution in [2.75, 3.05) is 20.1 Å². The highest BCUT2D eigenvalue weighted by Crippen LogP contribution is 2.12. The van der Waals surface area contributed by atoms with Gasteiger partial charge in [0.05, 0.1) is 18.0 Å². The molecule has 1 fully saturated rings. The maximum atomic E-state index is 12.1. The van der Waals surface area contributed by atoms with Crippen molar-refractivity contribution < 1.29 is 4.79 Å². The van der Waals surface area contributed by atoms with Crippen molar-refractivity contribution in [1.29, 1.82) is 0 Å². The van der Waals surface area contributed by atoms with Crippen molar-refractivity contribution in [3.63, 3.8) is 0 Å². The second-order valence-electron chi connectivity index (χ2n) is 4.01. The van der Waals surface area contributed by atoms with Gasteiger partial charge in [0, 0.05) is 19.1 Å². The molecule has 1 aromatic rings. The van der Waals surface area contributed by atoms with E-state index in [1.165, 1.54) is 6.20 Å². The van der Waals surface area contributed by atoms with Crippen molar-refractivity contribution in [1.82, 2.24) is 20.4 Å². The highest BCUT2D eigenvalue weighted by molar-refractivity contribution is 5.93. The molecule has 1 unspecified atom stereocenters. The Morgan fingerprint density at radius 3 is 3.12 bits per heavy atom. The molecule has 0 saturated carbocycles. The van der Waals surface area contributed by atoms with Crippen LogP contribution in [0.2, 0.25) is 0 Å². The molecule has 5 nitrogen and oxygen atoms in total. The molecule has 5 heteroatoms. The number of amides is 1. The van der Waals surface area contributed by atoms with E-state index in [2.05, 4.69) is 15.5 Å². The highest BCUT2D eigenvalue weighted by atomic mass is 16.2. The Balaban J connectivity index is 2.05. The second kappa shape index (κ2) is 5.03. The molecule has 1 aliphatic heterocycles. The van der Waals surface area contributed by atoms with Crippen LogP contribution in [0.5, 0.6) is 0 Å². The lowest BCUT2D eigenvalue weighted by Crippen LogP contribution is -2.46. The van der Waals surface area contributed by atoms with Crippen LogP contribution in [0.15, 0.2) is 18.5 Å². The molecule has 1 aromatic heterocycles. The SMILES string of the molecule is CNC1CCCN(C(=O)c2ccnnc2)C1. The molecule has 0 radical (unpaired) electrons. The van der Waals surface area contributed by atoms with Gasteiger partial charge >= 0.3 is 0 Å². The Bertz CT molecular complexity index is 354. The quantitative estimate of drug-likeness (QED) is 0.779. The largest absolute Gasteiger partial charge is 0.337 e. The number of piperidine rings is 1. The molecule has 1 atom stereocenters. The highest BCUT2D eigenvalue weighted by Gasteiger charge is 2.23. The van der Waals surface area contributed by atoms with Crippen LogP contribution in [0.1, 0.15) is 23.2 Å². The molecular weight excluding hydrogens is 204 g/mol. The van der Waals surface area contributed by atoms with Crippen LogP contribution >= 0.6 is 0 Å². The first kappa shape index (κ1) is 11.0. The predicted molar refractivity (Wildman–Crippen MR) is 60.0 cm³/mol. The van der Waals surface area contributed by atoms with E-state index in [-0.39, 0.29) is 5.91 Å². The van der Waals surface area contributed by atoms with Gasteiger partial charge in [0.25, 0.3) is 5.91 Å². The fraction of sp³-hybridized carbons (Fsp3) is 0.545. The van der Waals surface area contributed by atoms with E-state index >= 15 is 0 Å². The number of rotatable bonds is 2. The van der Waals surface area contributed by atoms with Crippen molar-refractivity contribution >= 4 is 5.91 Å². The minimum atomic E-state index is 0.0508. The van der Waals surface area contributed by atoms with E-state index in [4.69, 9.17) is 0 Å². The van der Waals surface area contributed by atoms with Gasteiger partial charge in [-0.2, -0.15) is 10.2 Å². The third-order valence-electron chi connectivity index (χ3n) is 2.95. The molecule has 0 spiro atoms. The maximum Gasteiger partial charge on any atom is 0.255 e. The van der Waals surface area contributed by atoms with E-state index in [1.54, 1.807) is 12.3 Å². The average molecular weight is 220 g/mol. The molecule has 0 aliphatic carbocycles. The summed E-state index contributed by atoms with van der Waals surface area (Å²) >= 11 is 0. The van der Waals surface area contributed by atoms with E-state index in [9.17, 15) is 4.79 Å². The fourth-order valence-electron chi connectivity index (χ4n) is 2.00. The molecule has 86 valence electrons. The summed E-state index contributed by atoms with van der Waals surface area (Å²) in [6, 6.07) is 2.12. The fourth-order valence-corrected chi connectivity index (χ4v) is 2.00. The first-order valence-corrected chi connectivity index (χ1v) is 5.54. The Morgan fingerprint density at radius 2 is 2.44 bits per heavy atom. The van der Waals surface area contributed by atoms with E-state index in [0.717, 1.165) is 25.9 Å². The molecule has 1 aliphatic rings. The van der Waals surface area contributed by atoms with Crippen molar-refractivity contribution in [3.05, 3.63) is 24.0 Å². The van der Waals surface area contributed by atoms with Crippen molar-refractivity contribution in [2.45, 2.75) is 18.9 Å². The summed E-state index contributed by atoms with van der Waals surface area (Å²) < 4.78 is 0. The summed E-state index contributed by atoms with van der Waals surface area (Å²) in [7, 11) is 1.94. The first-order valence-electron chi connectivity index (χ1n) is 5.54. The lowest BCUT2D eigenvalue weighted by Gasteiger charge is -2.32.